The number of carbonyl (C=O) groups is 2. The molecule has 0 radical (unpaired) electrons. The van der Waals surface area contributed by atoms with Crippen LogP contribution in [-0.2, 0) is 0 Å². The molecule has 8 rings (SSSR count). The molecule has 5 heterocycles. The highest BCUT2D eigenvalue weighted by Gasteiger charge is 2.87. The molecule has 10 nitrogen and oxygen atoms in total. The molecule has 3 aromatic heterocycles. The molecule has 5 aliphatic rings. The van der Waals surface area contributed by atoms with Crippen molar-refractivity contribution >= 4 is 34.6 Å². The average Bonchev–Trinajstić information content (AvgIpc) is 3.62. The van der Waals surface area contributed by atoms with E-state index in [2.05, 4.69) is 19.9 Å². The molecule has 4 fully saturated rings. The zero-order chi connectivity index (χ0) is 26.0. The van der Waals surface area contributed by atoms with Crippen molar-refractivity contribution < 1.29 is 14.7 Å². The van der Waals surface area contributed by atoms with Gasteiger partial charge in [-0.2, -0.15) is 4.98 Å². The van der Waals surface area contributed by atoms with Gasteiger partial charge < -0.3 is 24.8 Å². The topological polar surface area (TPSA) is 116 Å². The second kappa shape index (κ2) is 7.31. The van der Waals surface area contributed by atoms with Gasteiger partial charge in [-0.3, -0.25) is 9.59 Å². The molecule has 10 heteroatoms. The summed E-state index contributed by atoms with van der Waals surface area (Å²) in [6.45, 7) is 2.50. The van der Waals surface area contributed by atoms with Gasteiger partial charge in [0.15, 0.2) is 0 Å². The molecule has 1 saturated heterocycles. The number of hydrogen-bond acceptors (Lipinski definition) is 7. The number of likely N-dealkylation sites (tertiary alicyclic amines) is 1. The van der Waals surface area contributed by atoms with Crippen LogP contribution in [0.1, 0.15) is 72.3 Å². The van der Waals surface area contributed by atoms with Gasteiger partial charge in [-0.1, -0.05) is 19.3 Å². The van der Waals surface area contributed by atoms with Crippen LogP contribution in [0.2, 0.25) is 0 Å². The summed E-state index contributed by atoms with van der Waals surface area (Å²) in [5.41, 5.74) is 1.26. The number of pyridine rings is 1. The first-order valence-corrected chi connectivity index (χ1v) is 13.7. The Morgan fingerprint density at radius 3 is 2.66 bits per heavy atom. The Kier molecular flexibility index (Phi) is 4.32. The van der Waals surface area contributed by atoms with Gasteiger partial charge in [-0.25, -0.2) is 9.97 Å². The van der Waals surface area contributed by atoms with E-state index in [1.54, 1.807) is 24.5 Å². The van der Waals surface area contributed by atoms with Crippen molar-refractivity contribution in [3.8, 4) is 0 Å². The lowest BCUT2D eigenvalue weighted by atomic mass is 9.60. The molecule has 196 valence electrons. The molecule has 3 aliphatic carbocycles. The van der Waals surface area contributed by atoms with Crippen LogP contribution in [0.25, 0.3) is 11.0 Å². The molecule has 2 N–H and O–H groups in total. The number of amides is 2. The molecule has 3 saturated carbocycles. The molecular formula is C28H31N7O3. The molecular weight excluding hydrogens is 482 g/mol. The molecule has 1 spiro atoms. The molecule has 6 atom stereocenters. The Hall–Kier alpha value is -3.53. The zero-order valence-corrected chi connectivity index (χ0v) is 21.6. The number of aliphatic hydroxyl groups is 1. The Morgan fingerprint density at radius 1 is 1.11 bits per heavy atom. The number of piperidine rings is 1. The summed E-state index contributed by atoms with van der Waals surface area (Å²) in [6, 6.07) is 5.85. The van der Waals surface area contributed by atoms with E-state index in [0.29, 0.717) is 29.6 Å². The van der Waals surface area contributed by atoms with Gasteiger partial charge in [0.2, 0.25) is 5.95 Å². The van der Waals surface area contributed by atoms with Crippen molar-refractivity contribution in [1.29, 1.82) is 0 Å². The monoisotopic (exact) mass is 513 g/mol. The first kappa shape index (κ1) is 22.5. The maximum atomic E-state index is 13.2. The van der Waals surface area contributed by atoms with Crippen molar-refractivity contribution in [2.24, 2.45) is 11.8 Å². The number of anilines is 2. The largest absolute Gasteiger partial charge is 0.389 e. The standard InChI is InChI=1S/C28H31N7O3/c1-27(38)20-11-28(20)21(27)14-34(28)24(36)15-8-9-22(29-12-15)31-26-30-13-16-10-19-25(37)33(2)17-6-4-3-5-7-18(17)35(19)23(16)32-26/h8-10,12-13,17-18,20-21,38H,3-7,11,14H2,1-2H3,(H,29,30,31,32). The summed E-state index contributed by atoms with van der Waals surface area (Å²) in [6.07, 6.45) is 9.76. The SMILES string of the molecule is CN1C(=O)c2cc3cnc(Nc4ccc(C(=O)N5CC6C(C)(O)C7CC675)cn4)nc3n2C2CCCCCC21. The van der Waals surface area contributed by atoms with Gasteiger partial charge in [0.05, 0.1) is 28.8 Å². The van der Waals surface area contributed by atoms with Crippen molar-refractivity contribution in [2.45, 2.75) is 68.7 Å². The lowest BCUT2D eigenvalue weighted by Gasteiger charge is -2.63. The van der Waals surface area contributed by atoms with Gasteiger partial charge in [0, 0.05) is 43.2 Å². The van der Waals surface area contributed by atoms with E-state index in [-0.39, 0.29) is 41.3 Å². The number of fused-ring (bicyclic) bond motifs is 5. The highest BCUT2D eigenvalue weighted by atomic mass is 16.3. The Morgan fingerprint density at radius 2 is 1.92 bits per heavy atom. The predicted octanol–water partition coefficient (Wildman–Crippen LogP) is 3.12. The van der Waals surface area contributed by atoms with Gasteiger partial charge in [-0.15, -0.1) is 0 Å². The Labute approximate surface area is 220 Å². The van der Waals surface area contributed by atoms with E-state index in [1.807, 2.05) is 29.8 Å². The number of rotatable bonds is 3. The summed E-state index contributed by atoms with van der Waals surface area (Å²) >= 11 is 0. The number of aromatic nitrogens is 4. The van der Waals surface area contributed by atoms with E-state index in [9.17, 15) is 14.7 Å². The first-order valence-electron chi connectivity index (χ1n) is 13.7. The third-order valence-electron chi connectivity index (χ3n) is 10.2. The quantitative estimate of drug-likeness (QED) is 0.553. The van der Waals surface area contributed by atoms with Crippen LogP contribution in [0.5, 0.6) is 0 Å². The molecule has 38 heavy (non-hydrogen) atoms. The summed E-state index contributed by atoms with van der Waals surface area (Å²) in [5.74, 6) is 1.38. The fraction of sp³-hybridized carbons (Fsp3) is 0.536. The minimum Gasteiger partial charge on any atom is -0.389 e. The molecule has 6 unspecified atom stereocenters. The van der Waals surface area contributed by atoms with E-state index in [1.165, 1.54) is 6.42 Å². The van der Waals surface area contributed by atoms with E-state index in [4.69, 9.17) is 4.98 Å². The third kappa shape index (κ3) is 2.73. The summed E-state index contributed by atoms with van der Waals surface area (Å²) in [4.78, 5) is 43.9. The number of carbonyl (C=O) groups excluding carboxylic acids is 2. The van der Waals surface area contributed by atoms with E-state index in [0.717, 1.165) is 43.1 Å². The van der Waals surface area contributed by atoms with Crippen LogP contribution in [0.15, 0.2) is 30.6 Å². The smallest absolute Gasteiger partial charge is 0.270 e. The maximum Gasteiger partial charge on any atom is 0.270 e. The first-order chi connectivity index (χ1) is 18.3. The highest BCUT2D eigenvalue weighted by molar-refractivity contribution is 5.99. The normalized spacial score (nSPS) is 34.8. The Bertz CT molecular complexity index is 1510. The minimum atomic E-state index is -0.622. The van der Waals surface area contributed by atoms with Gasteiger partial charge >= 0.3 is 0 Å². The van der Waals surface area contributed by atoms with Crippen LogP contribution in [0, 0.1) is 11.8 Å². The number of hydrogen-bond donors (Lipinski definition) is 2. The van der Waals surface area contributed by atoms with Crippen LogP contribution in [-0.4, -0.2) is 77.0 Å². The van der Waals surface area contributed by atoms with Crippen LogP contribution < -0.4 is 5.32 Å². The van der Waals surface area contributed by atoms with Crippen molar-refractivity contribution in [3.05, 3.63) is 41.9 Å². The third-order valence-corrected chi connectivity index (χ3v) is 10.2. The lowest BCUT2D eigenvalue weighted by Crippen LogP contribution is -2.77. The molecule has 0 aromatic carbocycles. The number of likely N-dealkylation sites (N-methyl/N-ethyl adjacent to an activating group) is 1. The molecule has 2 amide bonds. The van der Waals surface area contributed by atoms with Crippen molar-refractivity contribution in [2.75, 3.05) is 18.9 Å². The summed E-state index contributed by atoms with van der Waals surface area (Å²) < 4.78 is 2.14. The highest BCUT2D eigenvalue weighted by Crippen LogP contribution is 2.77. The average molecular weight is 514 g/mol. The van der Waals surface area contributed by atoms with E-state index < -0.39 is 5.60 Å². The minimum absolute atomic E-state index is 0.0247. The summed E-state index contributed by atoms with van der Waals surface area (Å²) in [5, 5.41) is 14.5. The second-order valence-corrected chi connectivity index (χ2v) is 12.1. The van der Waals surface area contributed by atoms with Crippen LogP contribution in [0.3, 0.4) is 0 Å². The zero-order valence-electron chi connectivity index (χ0n) is 21.6. The lowest BCUT2D eigenvalue weighted by molar-refractivity contribution is -0.200. The van der Waals surface area contributed by atoms with Crippen molar-refractivity contribution in [3.63, 3.8) is 0 Å². The fourth-order valence-corrected chi connectivity index (χ4v) is 8.15. The Balaban J connectivity index is 1.04. The van der Waals surface area contributed by atoms with Gasteiger partial charge in [-0.05, 0) is 44.4 Å². The maximum absolute atomic E-state index is 13.2. The predicted molar refractivity (Wildman–Crippen MR) is 139 cm³/mol. The summed E-state index contributed by atoms with van der Waals surface area (Å²) in [7, 11) is 1.92. The van der Waals surface area contributed by atoms with Gasteiger partial charge in [0.1, 0.15) is 17.2 Å². The van der Waals surface area contributed by atoms with Gasteiger partial charge in [0.25, 0.3) is 11.8 Å². The number of nitrogens with zero attached hydrogens (tertiary/aromatic N) is 6. The second-order valence-electron chi connectivity index (χ2n) is 12.1. The number of nitrogens with one attached hydrogen (secondary N) is 1. The molecule has 0 bridgehead atoms. The fourth-order valence-electron chi connectivity index (χ4n) is 8.15. The molecule has 2 aliphatic heterocycles. The van der Waals surface area contributed by atoms with Crippen LogP contribution in [0.4, 0.5) is 11.8 Å². The molecule has 3 aromatic rings. The van der Waals surface area contributed by atoms with E-state index >= 15 is 0 Å². The van der Waals surface area contributed by atoms with Crippen LogP contribution >= 0.6 is 0 Å². The van der Waals surface area contributed by atoms with Crippen molar-refractivity contribution in [1.82, 2.24) is 29.3 Å².